The van der Waals surface area contributed by atoms with E-state index in [1.165, 1.54) is 11.0 Å². The summed E-state index contributed by atoms with van der Waals surface area (Å²) in [6.45, 7) is 7.57. The Morgan fingerprint density at radius 3 is 2.53 bits per heavy atom. The smallest absolute Gasteiger partial charge is 0.278 e. The van der Waals surface area contributed by atoms with Crippen molar-refractivity contribution in [3.05, 3.63) is 76.2 Å². The number of nitrogens with zero attached hydrogens (tertiary/aromatic N) is 2. The van der Waals surface area contributed by atoms with E-state index in [1.807, 2.05) is 32.0 Å². The zero-order chi connectivity index (χ0) is 21.4. The maximum atomic E-state index is 14.3. The lowest BCUT2D eigenvalue weighted by Crippen LogP contribution is -2.39. The largest absolute Gasteiger partial charge is 0.366 e. The highest BCUT2D eigenvalue weighted by atomic mass is 19.1. The minimum Gasteiger partial charge on any atom is -0.366 e. The number of carbonyl (C=O) groups excluding carboxylic acids is 2. The van der Waals surface area contributed by atoms with Gasteiger partial charge in [-0.2, -0.15) is 0 Å². The molecule has 4 rings (SSSR count). The Morgan fingerprint density at radius 2 is 1.83 bits per heavy atom. The summed E-state index contributed by atoms with van der Waals surface area (Å²) >= 11 is 0. The van der Waals surface area contributed by atoms with Crippen molar-refractivity contribution in [3.63, 3.8) is 0 Å². The zero-order valence-electron chi connectivity index (χ0n) is 17.7. The molecule has 1 fully saturated rings. The summed E-state index contributed by atoms with van der Waals surface area (Å²) in [6, 6.07) is 12.2. The van der Waals surface area contributed by atoms with Crippen molar-refractivity contribution in [2.75, 3.05) is 13.1 Å². The van der Waals surface area contributed by atoms with E-state index in [0.717, 1.165) is 42.6 Å². The highest BCUT2D eigenvalue weighted by Crippen LogP contribution is 2.36. The van der Waals surface area contributed by atoms with Gasteiger partial charge in [0.25, 0.3) is 11.8 Å². The molecule has 4 nitrogen and oxygen atoms in total. The summed E-state index contributed by atoms with van der Waals surface area (Å²) in [5, 5.41) is 0. The molecule has 30 heavy (non-hydrogen) atoms. The minimum atomic E-state index is -0.411. The number of carbonyl (C=O) groups is 2. The number of benzene rings is 2. The van der Waals surface area contributed by atoms with Crippen LogP contribution in [0.4, 0.5) is 4.39 Å². The molecule has 0 aliphatic carbocycles. The number of piperidine rings is 1. The number of halogens is 1. The molecule has 5 heteroatoms. The summed E-state index contributed by atoms with van der Waals surface area (Å²) in [5.41, 5.74) is 4.10. The average Bonchev–Trinajstić information content (AvgIpc) is 2.94. The second-order valence-corrected chi connectivity index (χ2v) is 8.52. The molecule has 0 saturated carbocycles. The lowest BCUT2D eigenvalue weighted by molar-refractivity contribution is -0.138. The maximum Gasteiger partial charge on any atom is 0.278 e. The van der Waals surface area contributed by atoms with Crippen molar-refractivity contribution >= 4 is 17.4 Å². The molecule has 2 aliphatic rings. The topological polar surface area (TPSA) is 40.6 Å². The van der Waals surface area contributed by atoms with Gasteiger partial charge in [0, 0.05) is 18.7 Å². The summed E-state index contributed by atoms with van der Waals surface area (Å²) in [4.78, 5) is 30.2. The van der Waals surface area contributed by atoms with E-state index in [1.54, 1.807) is 18.2 Å². The number of hydrogen-bond acceptors (Lipinski definition) is 3. The van der Waals surface area contributed by atoms with Crippen molar-refractivity contribution in [2.24, 2.45) is 5.92 Å². The van der Waals surface area contributed by atoms with Crippen molar-refractivity contribution in [1.82, 2.24) is 9.80 Å². The van der Waals surface area contributed by atoms with E-state index in [9.17, 15) is 14.0 Å². The molecule has 2 aromatic carbocycles. The van der Waals surface area contributed by atoms with Gasteiger partial charge in [-0.05, 0) is 49.8 Å². The molecule has 0 spiro atoms. The number of rotatable bonds is 4. The van der Waals surface area contributed by atoms with E-state index in [2.05, 4.69) is 11.8 Å². The highest BCUT2D eigenvalue weighted by Gasteiger charge is 2.42. The van der Waals surface area contributed by atoms with Crippen LogP contribution < -0.4 is 0 Å². The van der Waals surface area contributed by atoms with Crippen molar-refractivity contribution in [1.29, 1.82) is 0 Å². The average molecular weight is 407 g/mol. The van der Waals surface area contributed by atoms with E-state index < -0.39 is 5.82 Å². The Balaban J connectivity index is 1.79. The van der Waals surface area contributed by atoms with Gasteiger partial charge in [-0.15, -0.1) is 0 Å². The molecule has 0 aromatic heterocycles. The molecule has 0 N–H and O–H groups in total. The predicted octanol–water partition coefficient (Wildman–Crippen LogP) is 4.45. The number of likely N-dealkylation sites (tertiary alicyclic amines) is 1. The summed E-state index contributed by atoms with van der Waals surface area (Å²) in [7, 11) is 0. The first-order valence-corrected chi connectivity index (χ1v) is 10.5. The van der Waals surface area contributed by atoms with Crippen LogP contribution in [-0.4, -0.2) is 34.7 Å². The van der Waals surface area contributed by atoms with Gasteiger partial charge in [0.15, 0.2) is 0 Å². The van der Waals surface area contributed by atoms with E-state index >= 15 is 0 Å². The standard InChI is InChI=1S/C25H27FN2O2/c1-16-10-11-20(18(3)13-16)22-23(27-12-6-7-17(2)14-27)25(30)28(24(22)29)15-19-8-4-5-9-21(19)26/h4-5,8-11,13,17H,6-7,12,14-15H2,1-3H3. The Morgan fingerprint density at radius 1 is 1.07 bits per heavy atom. The molecule has 2 amide bonds. The van der Waals surface area contributed by atoms with Crippen molar-refractivity contribution in [3.8, 4) is 0 Å². The maximum absolute atomic E-state index is 14.3. The minimum absolute atomic E-state index is 0.0638. The van der Waals surface area contributed by atoms with Gasteiger partial charge in [0.05, 0.1) is 12.1 Å². The van der Waals surface area contributed by atoms with Gasteiger partial charge >= 0.3 is 0 Å². The quantitative estimate of drug-likeness (QED) is 0.704. The molecule has 0 radical (unpaired) electrons. The normalized spacial score (nSPS) is 19.8. The van der Waals surface area contributed by atoms with Crippen LogP contribution in [-0.2, 0) is 16.1 Å². The Labute approximate surface area is 177 Å². The highest BCUT2D eigenvalue weighted by molar-refractivity contribution is 6.35. The molecular weight excluding hydrogens is 379 g/mol. The number of aryl methyl sites for hydroxylation is 2. The molecule has 1 atom stereocenters. The zero-order valence-corrected chi connectivity index (χ0v) is 17.7. The van der Waals surface area contributed by atoms with Gasteiger partial charge in [-0.3, -0.25) is 14.5 Å². The fourth-order valence-corrected chi connectivity index (χ4v) is 4.53. The monoisotopic (exact) mass is 406 g/mol. The number of amides is 2. The summed E-state index contributed by atoms with van der Waals surface area (Å²) in [5.74, 6) is -0.628. The first kappa shape index (κ1) is 20.3. The lowest BCUT2D eigenvalue weighted by Gasteiger charge is -2.33. The van der Waals surface area contributed by atoms with Crippen LogP contribution in [0.5, 0.6) is 0 Å². The predicted molar refractivity (Wildman–Crippen MR) is 115 cm³/mol. The molecule has 1 unspecified atom stereocenters. The van der Waals surface area contributed by atoms with Crippen LogP contribution in [0, 0.1) is 25.6 Å². The Bertz CT molecular complexity index is 1040. The first-order chi connectivity index (χ1) is 14.4. The summed E-state index contributed by atoms with van der Waals surface area (Å²) in [6.07, 6.45) is 2.10. The fraction of sp³-hybridized carbons (Fsp3) is 0.360. The molecule has 2 heterocycles. The van der Waals surface area contributed by atoms with E-state index in [-0.39, 0.29) is 18.4 Å². The van der Waals surface area contributed by atoms with Crippen LogP contribution in [0.3, 0.4) is 0 Å². The third kappa shape index (κ3) is 3.64. The Kier molecular flexibility index (Phi) is 5.46. The SMILES string of the molecule is Cc1ccc(C2=C(N3CCCC(C)C3)C(=O)N(Cc3ccccc3F)C2=O)c(C)c1. The van der Waals surface area contributed by atoms with Gasteiger partial charge in [0.1, 0.15) is 11.5 Å². The number of imide groups is 1. The van der Waals surface area contributed by atoms with Gasteiger partial charge in [0.2, 0.25) is 0 Å². The van der Waals surface area contributed by atoms with Crippen LogP contribution >= 0.6 is 0 Å². The fourth-order valence-electron chi connectivity index (χ4n) is 4.53. The van der Waals surface area contributed by atoms with Gasteiger partial charge in [-0.1, -0.05) is 48.9 Å². The third-order valence-electron chi connectivity index (χ3n) is 6.05. The van der Waals surface area contributed by atoms with Crippen LogP contribution in [0.25, 0.3) is 5.57 Å². The second-order valence-electron chi connectivity index (χ2n) is 8.52. The molecule has 156 valence electrons. The molecular formula is C25H27FN2O2. The van der Waals surface area contributed by atoms with Crippen LogP contribution in [0.2, 0.25) is 0 Å². The molecule has 2 aromatic rings. The van der Waals surface area contributed by atoms with Gasteiger partial charge < -0.3 is 4.90 Å². The first-order valence-electron chi connectivity index (χ1n) is 10.5. The van der Waals surface area contributed by atoms with Crippen LogP contribution in [0.1, 0.15) is 42.0 Å². The molecule has 2 aliphatic heterocycles. The second kappa shape index (κ2) is 8.05. The number of hydrogen-bond donors (Lipinski definition) is 0. The van der Waals surface area contributed by atoms with Crippen LogP contribution in [0.15, 0.2) is 48.2 Å². The van der Waals surface area contributed by atoms with Crippen molar-refractivity contribution < 1.29 is 14.0 Å². The van der Waals surface area contributed by atoms with E-state index in [0.29, 0.717) is 22.8 Å². The Hall–Kier alpha value is -2.95. The molecule has 1 saturated heterocycles. The molecule has 0 bridgehead atoms. The third-order valence-corrected chi connectivity index (χ3v) is 6.05. The van der Waals surface area contributed by atoms with Crippen molar-refractivity contribution in [2.45, 2.75) is 40.2 Å². The van der Waals surface area contributed by atoms with E-state index in [4.69, 9.17) is 0 Å². The lowest BCUT2D eigenvalue weighted by atomic mass is 9.95. The van der Waals surface area contributed by atoms with Gasteiger partial charge in [-0.25, -0.2) is 4.39 Å². The summed E-state index contributed by atoms with van der Waals surface area (Å²) < 4.78 is 14.3.